The van der Waals surface area contributed by atoms with Crippen molar-refractivity contribution in [2.75, 3.05) is 11.4 Å². The predicted octanol–water partition coefficient (Wildman–Crippen LogP) is 8.24. The van der Waals surface area contributed by atoms with Gasteiger partial charge in [0, 0.05) is 28.4 Å². The molecular formula is C27H32ClN. The quantitative estimate of drug-likeness (QED) is 0.494. The van der Waals surface area contributed by atoms with Crippen molar-refractivity contribution in [1.29, 1.82) is 0 Å². The highest BCUT2D eigenvalue weighted by Crippen LogP contribution is 2.51. The highest BCUT2D eigenvalue weighted by Gasteiger charge is 2.40. The first-order valence-corrected chi connectivity index (χ1v) is 11.4. The molecule has 0 aromatic heterocycles. The van der Waals surface area contributed by atoms with E-state index < -0.39 is 0 Å². The van der Waals surface area contributed by atoms with Gasteiger partial charge in [-0.2, -0.15) is 0 Å². The molecule has 2 heteroatoms. The maximum atomic E-state index is 6.65. The zero-order chi connectivity index (χ0) is 20.6. The van der Waals surface area contributed by atoms with Crippen molar-refractivity contribution in [3.8, 4) is 0 Å². The second-order valence-electron chi connectivity index (χ2n) is 9.00. The summed E-state index contributed by atoms with van der Waals surface area (Å²) in [4.78, 5) is 2.55. The molecule has 0 bridgehead atoms. The predicted molar refractivity (Wildman–Crippen MR) is 128 cm³/mol. The van der Waals surface area contributed by atoms with Crippen LogP contribution in [0.4, 0.5) is 5.69 Å². The third-order valence-electron chi connectivity index (χ3n) is 6.59. The topological polar surface area (TPSA) is 3.24 Å². The van der Waals surface area contributed by atoms with Crippen LogP contribution in [0, 0.1) is 0 Å². The molecule has 2 aliphatic rings. The highest BCUT2D eigenvalue weighted by molar-refractivity contribution is 6.32. The highest BCUT2D eigenvalue weighted by atomic mass is 35.5. The Labute approximate surface area is 180 Å². The van der Waals surface area contributed by atoms with Gasteiger partial charge < -0.3 is 4.90 Å². The molecule has 0 unspecified atom stereocenters. The van der Waals surface area contributed by atoms with E-state index >= 15 is 0 Å². The fraction of sp³-hybridized carbons (Fsp3) is 0.407. The van der Waals surface area contributed by atoms with Gasteiger partial charge in [0.2, 0.25) is 0 Å². The second-order valence-corrected chi connectivity index (χ2v) is 9.38. The van der Waals surface area contributed by atoms with Crippen molar-refractivity contribution >= 4 is 28.1 Å². The lowest BCUT2D eigenvalue weighted by atomic mass is 9.81. The zero-order valence-electron chi connectivity index (χ0n) is 18.2. The number of hydrogen-bond acceptors (Lipinski definition) is 1. The van der Waals surface area contributed by atoms with E-state index in [1.165, 1.54) is 58.1 Å². The largest absolute Gasteiger partial charge is 0.344 e. The summed E-state index contributed by atoms with van der Waals surface area (Å²) in [5.74, 6) is 0. The van der Waals surface area contributed by atoms with Crippen molar-refractivity contribution in [1.82, 2.24) is 0 Å². The van der Waals surface area contributed by atoms with Crippen LogP contribution in [0.5, 0.6) is 0 Å². The molecule has 0 saturated heterocycles. The first-order chi connectivity index (χ1) is 13.9. The smallest absolute Gasteiger partial charge is 0.0457 e. The number of unbranched alkanes of at least 4 members (excludes halogenated alkanes) is 1. The third kappa shape index (κ3) is 3.55. The monoisotopic (exact) mass is 405 g/mol. The van der Waals surface area contributed by atoms with Crippen LogP contribution >= 0.6 is 11.6 Å². The van der Waals surface area contributed by atoms with Gasteiger partial charge in [-0.05, 0) is 66.7 Å². The molecule has 0 amide bonds. The van der Waals surface area contributed by atoms with Crippen LogP contribution in [0.1, 0.15) is 65.4 Å². The molecule has 0 fully saturated rings. The number of halogens is 1. The summed E-state index contributed by atoms with van der Waals surface area (Å²) in [5, 5.41) is 3.68. The van der Waals surface area contributed by atoms with Gasteiger partial charge >= 0.3 is 0 Å². The minimum absolute atomic E-state index is 0.0408. The molecule has 2 aromatic rings. The Kier molecular flexibility index (Phi) is 5.62. The first kappa shape index (κ1) is 20.3. The van der Waals surface area contributed by atoms with Gasteiger partial charge in [0.25, 0.3) is 0 Å². The summed E-state index contributed by atoms with van der Waals surface area (Å²) < 4.78 is 0. The number of hydrogen-bond donors (Lipinski definition) is 0. The van der Waals surface area contributed by atoms with Gasteiger partial charge in [-0.25, -0.2) is 0 Å². The van der Waals surface area contributed by atoms with Gasteiger partial charge in [0.1, 0.15) is 0 Å². The molecule has 1 aliphatic heterocycles. The van der Waals surface area contributed by atoms with Crippen LogP contribution in [-0.4, -0.2) is 6.54 Å². The summed E-state index contributed by atoms with van der Waals surface area (Å²) in [6.45, 7) is 10.2. The summed E-state index contributed by atoms with van der Waals surface area (Å²) in [5.41, 5.74) is 6.78. The molecule has 0 spiro atoms. The first-order valence-electron chi connectivity index (χ1n) is 11.0. The number of allylic oxidation sites excluding steroid dienone is 6. The molecular weight excluding hydrogens is 374 g/mol. The normalized spacial score (nSPS) is 21.5. The molecule has 152 valence electrons. The van der Waals surface area contributed by atoms with E-state index in [4.69, 9.17) is 11.6 Å². The van der Waals surface area contributed by atoms with Crippen molar-refractivity contribution in [2.24, 2.45) is 0 Å². The lowest BCUT2D eigenvalue weighted by molar-refractivity contribution is 0.628. The van der Waals surface area contributed by atoms with E-state index in [0.29, 0.717) is 0 Å². The Bertz CT molecular complexity index is 1020. The summed E-state index contributed by atoms with van der Waals surface area (Å²) in [6, 6.07) is 13.4. The van der Waals surface area contributed by atoms with Crippen LogP contribution in [0.15, 0.2) is 70.4 Å². The summed E-state index contributed by atoms with van der Waals surface area (Å²) in [7, 11) is 0. The lowest BCUT2D eigenvalue weighted by Gasteiger charge is -2.27. The van der Waals surface area contributed by atoms with Crippen LogP contribution < -0.4 is 4.90 Å². The summed E-state index contributed by atoms with van der Waals surface area (Å²) >= 11 is 6.65. The van der Waals surface area contributed by atoms with Crippen LogP contribution in [0.2, 0.25) is 0 Å². The van der Waals surface area contributed by atoms with Crippen molar-refractivity contribution in [2.45, 2.75) is 65.2 Å². The average Bonchev–Trinajstić information content (AvgIpc) is 2.94. The molecule has 4 rings (SSSR count). The standard InChI is InChI=1S/C27H32ClN/c1-5-6-18-29-23-16-14-20-11-7-8-13-22(20)25(23)27(3,4)24(29)17-15-21-12-9-10-19(2)26(21)28/h7-8,11,13-17H,5-6,9-10,12,18H2,1-4H3/b21-15+,24-17+. The molecule has 1 heterocycles. The van der Waals surface area contributed by atoms with E-state index in [1.54, 1.807) is 0 Å². The lowest BCUT2D eigenvalue weighted by Crippen LogP contribution is -2.27. The van der Waals surface area contributed by atoms with Crippen LogP contribution in [0.3, 0.4) is 0 Å². The second kappa shape index (κ2) is 8.03. The summed E-state index contributed by atoms with van der Waals surface area (Å²) in [6.07, 6.45) is 10.4. The Balaban J connectivity index is 1.86. The minimum Gasteiger partial charge on any atom is -0.344 e. The Morgan fingerprint density at radius 1 is 1.07 bits per heavy atom. The Hall–Kier alpha value is -1.99. The number of benzene rings is 2. The molecule has 0 atom stereocenters. The van der Waals surface area contributed by atoms with Crippen molar-refractivity contribution in [3.63, 3.8) is 0 Å². The van der Waals surface area contributed by atoms with Gasteiger partial charge in [0.05, 0.1) is 0 Å². The number of fused-ring (bicyclic) bond motifs is 3. The number of rotatable bonds is 4. The molecule has 1 nitrogen and oxygen atoms in total. The molecule has 0 N–H and O–H groups in total. The Morgan fingerprint density at radius 2 is 1.86 bits per heavy atom. The number of nitrogens with zero attached hydrogens (tertiary/aromatic N) is 1. The minimum atomic E-state index is -0.0408. The molecule has 1 aliphatic carbocycles. The fourth-order valence-electron chi connectivity index (χ4n) is 4.97. The fourth-order valence-corrected chi connectivity index (χ4v) is 5.22. The van der Waals surface area contributed by atoms with E-state index in [1.807, 2.05) is 0 Å². The maximum Gasteiger partial charge on any atom is 0.0457 e. The van der Waals surface area contributed by atoms with Gasteiger partial charge in [-0.1, -0.05) is 80.8 Å². The van der Waals surface area contributed by atoms with E-state index in [-0.39, 0.29) is 5.41 Å². The van der Waals surface area contributed by atoms with Gasteiger partial charge in [-0.3, -0.25) is 0 Å². The van der Waals surface area contributed by atoms with Crippen molar-refractivity contribution in [3.05, 3.63) is 76.0 Å². The van der Waals surface area contributed by atoms with E-state index in [2.05, 4.69) is 81.1 Å². The van der Waals surface area contributed by atoms with E-state index in [0.717, 1.165) is 24.4 Å². The third-order valence-corrected chi connectivity index (χ3v) is 7.15. The number of anilines is 1. The van der Waals surface area contributed by atoms with Gasteiger partial charge in [0.15, 0.2) is 0 Å². The molecule has 0 radical (unpaired) electrons. The zero-order valence-corrected chi connectivity index (χ0v) is 18.9. The van der Waals surface area contributed by atoms with E-state index in [9.17, 15) is 0 Å². The maximum absolute atomic E-state index is 6.65. The molecule has 0 saturated carbocycles. The van der Waals surface area contributed by atoms with Crippen molar-refractivity contribution < 1.29 is 0 Å². The SMILES string of the molecule is CCCCN1/C(=C/C=C2\CCCC(C)=C2Cl)C(C)(C)c2c1ccc1ccccc21. The average molecular weight is 406 g/mol. The van der Waals surface area contributed by atoms with Crippen LogP contribution in [0.25, 0.3) is 10.8 Å². The molecule has 29 heavy (non-hydrogen) atoms. The van der Waals surface area contributed by atoms with Crippen LogP contribution in [-0.2, 0) is 5.41 Å². The molecule has 2 aromatic carbocycles. The Morgan fingerprint density at radius 3 is 2.66 bits per heavy atom. The van der Waals surface area contributed by atoms with Gasteiger partial charge in [-0.15, -0.1) is 0 Å².